The second-order valence-electron chi connectivity index (χ2n) is 8.74. The molecule has 1 aliphatic carbocycles. The van der Waals surface area contributed by atoms with Gasteiger partial charge in [-0.1, -0.05) is 36.4 Å². The van der Waals surface area contributed by atoms with Gasteiger partial charge in [0.15, 0.2) is 0 Å². The van der Waals surface area contributed by atoms with E-state index in [0.717, 1.165) is 35.7 Å². The molecule has 0 bridgehead atoms. The van der Waals surface area contributed by atoms with Crippen molar-refractivity contribution < 1.29 is 21.6 Å². The predicted molar refractivity (Wildman–Crippen MR) is 123 cm³/mol. The number of hydrogen-bond donors (Lipinski definition) is 2. The Bertz CT molecular complexity index is 1270. The van der Waals surface area contributed by atoms with Crippen molar-refractivity contribution in [2.75, 3.05) is 13.6 Å². The Morgan fingerprint density at radius 2 is 1.94 bits per heavy atom. The van der Waals surface area contributed by atoms with Gasteiger partial charge in [0.2, 0.25) is 10.0 Å². The molecule has 1 aromatic heterocycles. The van der Waals surface area contributed by atoms with Gasteiger partial charge < -0.3 is 5.32 Å². The topological polar surface area (TPSA) is 76.0 Å². The second-order valence-corrected chi connectivity index (χ2v) is 10.5. The average molecular weight is 493 g/mol. The molecule has 1 heterocycles. The zero-order chi connectivity index (χ0) is 24.5. The maximum Gasteiger partial charge on any atom is 0.416 e. The van der Waals surface area contributed by atoms with Crippen LogP contribution in [0, 0.1) is 5.92 Å². The fourth-order valence-electron chi connectivity index (χ4n) is 4.65. The van der Waals surface area contributed by atoms with Crippen LogP contribution in [0.1, 0.15) is 33.7 Å². The quantitative estimate of drug-likeness (QED) is 0.504. The summed E-state index contributed by atoms with van der Waals surface area (Å²) in [6.07, 6.45) is -0.362. The third-order valence-corrected chi connectivity index (χ3v) is 7.65. The van der Waals surface area contributed by atoms with E-state index in [1.165, 1.54) is 29.2 Å². The van der Waals surface area contributed by atoms with Crippen LogP contribution in [0.4, 0.5) is 13.2 Å². The van der Waals surface area contributed by atoms with Crippen LogP contribution in [0.3, 0.4) is 0 Å². The standard InChI is InChI=1S/C24H27F3N4O2S/c1-28-13-19-11-18-7-6-17(12-30-34(32,33)21-14-29-31(2)15-21)10-22(18)23(19)9-16-4-3-5-20(8-16)24(25,26)27/h3-8,10,14-15,19,23,28,30H,9,11-13H2,1-2H3. The smallest absolute Gasteiger partial charge is 0.319 e. The number of nitrogens with one attached hydrogen (secondary N) is 2. The summed E-state index contributed by atoms with van der Waals surface area (Å²) in [5, 5.41) is 7.10. The van der Waals surface area contributed by atoms with Gasteiger partial charge in [0, 0.05) is 19.8 Å². The van der Waals surface area contributed by atoms with Crippen LogP contribution < -0.4 is 10.0 Å². The van der Waals surface area contributed by atoms with Gasteiger partial charge >= 0.3 is 6.18 Å². The molecule has 0 aliphatic heterocycles. The molecule has 0 spiro atoms. The van der Waals surface area contributed by atoms with Crippen LogP contribution in [0.5, 0.6) is 0 Å². The van der Waals surface area contributed by atoms with Gasteiger partial charge in [-0.2, -0.15) is 18.3 Å². The number of aromatic nitrogens is 2. The Morgan fingerprint density at radius 3 is 2.62 bits per heavy atom. The molecule has 2 unspecified atom stereocenters. The summed E-state index contributed by atoms with van der Waals surface area (Å²) in [4.78, 5) is 0.0904. The molecule has 0 saturated carbocycles. The molecule has 0 radical (unpaired) electrons. The highest BCUT2D eigenvalue weighted by Gasteiger charge is 2.34. The van der Waals surface area contributed by atoms with E-state index in [-0.39, 0.29) is 23.3 Å². The molecule has 2 aromatic carbocycles. The molecule has 0 amide bonds. The van der Waals surface area contributed by atoms with Crippen molar-refractivity contribution in [2.45, 2.75) is 36.4 Å². The highest BCUT2D eigenvalue weighted by Crippen LogP contribution is 2.41. The molecular formula is C24H27F3N4O2S. The monoisotopic (exact) mass is 492 g/mol. The Kier molecular flexibility index (Phi) is 6.84. The Morgan fingerprint density at radius 1 is 1.15 bits per heavy atom. The number of sulfonamides is 1. The number of nitrogens with zero attached hydrogens (tertiary/aromatic N) is 2. The molecule has 34 heavy (non-hydrogen) atoms. The Balaban J connectivity index is 1.57. The first-order chi connectivity index (χ1) is 16.1. The fraction of sp³-hybridized carbons (Fsp3) is 0.375. The SMILES string of the molecule is CNCC1Cc2ccc(CNS(=O)(=O)c3cnn(C)c3)cc2C1Cc1cccc(C(F)(F)F)c1. The summed E-state index contributed by atoms with van der Waals surface area (Å²) >= 11 is 0. The minimum atomic E-state index is -4.38. The lowest BCUT2D eigenvalue weighted by atomic mass is 9.86. The lowest BCUT2D eigenvalue weighted by Gasteiger charge is -2.21. The average Bonchev–Trinajstić information content (AvgIpc) is 3.37. The summed E-state index contributed by atoms with van der Waals surface area (Å²) in [6.45, 7) is 0.846. The number of hydrogen-bond acceptors (Lipinski definition) is 4. The van der Waals surface area contributed by atoms with Crippen LogP contribution in [0.15, 0.2) is 59.8 Å². The summed E-state index contributed by atoms with van der Waals surface area (Å²) in [6, 6.07) is 11.4. The van der Waals surface area contributed by atoms with Crippen LogP contribution in [-0.4, -0.2) is 31.8 Å². The molecule has 0 saturated heterocycles. The molecule has 2 N–H and O–H groups in total. The lowest BCUT2D eigenvalue weighted by Crippen LogP contribution is -2.24. The van der Waals surface area contributed by atoms with Crippen molar-refractivity contribution in [3.05, 3.63) is 82.7 Å². The van der Waals surface area contributed by atoms with Gasteiger partial charge in [-0.05, 0) is 66.6 Å². The minimum absolute atomic E-state index is 0.0285. The fourth-order valence-corrected chi connectivity index (χ4v) is 5.65. The van der Waals surface area contributed by atoms with Crippen LogP contribution in [0.2, 0.25) is 0 Å². The Hall–Kier alpha value is -2.69. The first kappa shape index (κ1) is 24.4. The summed E-state index contributed by atoms with van der Waals surface area (Å²) < 4.78 is 68.7. The van der Waals surface area contributed by atoms with E-state index < -0.39 is 21.8 Å². The van der Waals surface area contributed by atoms with E-state index in [2.05, 4.69) is 15.1 Å². The lowest BCUT2D eigenvalue weighted by molar-refractivity contribution is -0.137. The van der Waals surface area contributed by atoms with Gasteiger partial charge in [0.05, 0.1) is 11.8 Å². The van der Waals surface area contributed by atoms with Crippen LogP contribution in [-0.2, 0) is 42.6 Å². The molecule has 6 nitrogen and oxygen atoms in total. The summed E-state index contributed by atoms with van der Waals surface area (Å²) in [7, 11) is -0.193. The maximum atomic E-state index is 13.2. The molecule has 182 valence electrons. The molecule has 4 rings (SSSR count). The third-order valence-electron chi connectivity index (χ3n) is 6.29. The number of benzene rings is 2. The van der Waals surface area contributed by atoms with Crippen molar-refractivity contribution in [1.29, 1.82) is 0 Å². The van der Waals surface area contributed by atoms with Gasteiger partial charge in [-0.3, -0.25) is 4.68 Å². The number of aryl methyl sites for hydroxylation is 1. The first-order valence-electron chi connectivity index (χ1n) is 11.0. The third kappa shape index (κ3) is 5.34. The minimum Gasteiger partial charge on any atom is -0.319 e. The number of rotatable bonds is 8. The molecule has 10 heteroatoms. The van der Waals surface area contributed by atoms with Crippen molar-refractivity contribution in [3.63, 3.8) is 0 Å². The van der Waals surface area contributed by atoms with Crippen molar-refractivity contribution in [2.24, 2.45) is 13.0 Å². The zero-order valence-electron chi connectivity index (χ0n) is 18.9. The number of fused-ring (bicyclic) bond motifs is 1. The largest absolute Gasteiger partial charge is 0.416 e. The normalized spacial score (nSPS) is 18.3. The predicted octanol–water partition coefficient (Wildman–Crippen LogP) is 3.64. The van der Waals surface area contributed by atoms with E-state index in [9.17, 15) is 21.6 Å². The molecule has 0 fully saturated rings. The van der Waals surface area contributed by atoms with Crippen LogP contribution >= 0.6 is 0 Å². The van der Waals surface area contributed by atoms with Crippen molar-refractivity contribution in [1.82, 2.24) is 19.8 Å². The van der Waals surface area contributed by atoms with E-state index in [1.54, 1.807) is 13.1 Å². The maximum absolute atomic E-state index is 13.2. The van der Waals surface area contributed by atoms with Gasteiger partial charge in [0.25, 0.3) is 0 Å². The first-order valence-corrected chi connectivity index (χ1v) is 12.5. The van der Waals surface area contributed by atoms with E-state index in [1.807, 2.05) is 25.2 Å². The molecule has 3 aromatic rings. The van der Waals surface area contributed by atoms with Gasteiger partial charge in [0.1, 0.15) is 4.90 Å². The summed E-state index contributed by atoms with van der Waals surface area (Å²) in [5.74, 6) is 0.262. The van der Waals surface area contributed by atoms with Crippen LogP contribution in [0.25, 0.3) is 0 Å². The van der Waals surface area contributed by atoms with Gasteiger partial charge in [-0.15, -0.1) is 0 Å². The zero-order valence-corrected chi connectivity index (χ0v) is 19.7. The van der Waals surface area contributed by atoms with E-state index >= 15 is 0 Å². The number of halogens is 3. The van der Waals surface area contributed by atoms with Crippen molar-refractivity contribution >= 4 is 10.0 Å². The second kappa shape index (κ2) is 9.52. The summed E-state index contributed by atoms with van der Waals surface area (Å²) in [5.41, 5.74) is 3.00. The van der Waals surface area contributed by atoms with E-state index in [0.29, 0.717) is 12.0 Å². The van der Waals surface area contributed by atoms with Gasteiger partial charge in [-0.25, -0.2) is 13.1 Å². The Labute approximate surface area is 197 Å². The highest BCUT2D eigenvalue weighted by atomic mass is 32.2. The van der Waals surface area contributed by atoms with Crippen molar-refractivity contribution in [3.8, 4) is 0 Å². The molecule has 2 atom stereocenters. The number of alkyl halides is 3. The molecule has 1 aliphatic rings. The molecular weight excluding hydrogens is 465 g/mol. The van der Waals surface area contributed by atoms with E-state index in [4.69, 9.17) is 0 Å². The highest BCUT2D eigenvalue weighted by molar-refractivity contribution is 7.89.